The SMILES string of the molecule is O=Cc1cc(F)cc([N+](=O)[O-])c1O. The second-order valence-corrected chi connectivity index (χ2v) is 2.24. The zero-order valence-corrected chi connectivity index (χ0v) is 6.23. The maximum Gasteiger partial charge on any atom is 0.314 e. The molecule has 0 bridgehead atoms. The number of aromatic hydroxyl groups is 1. The topological polar surface area (TPSA) is 80.4 Å². The first-order valence-corrected chi connectivity index (χ1v) is 3.18. The minimum Gasteiger partial charge on any atom is -0.502 e. The second-order valence-electron chi connectivity index (χ2n) is 2.24. The number of hydrogen-bond donors (Lipinski definition) is 1. The van der Waals surface area contributed by atoms with Gasteiger partial charge in [0.1, 0.15) is 5.82 Å². The summed E-state index contributed by atoms with van der Waals surface area (Å²) in [6.07, 6.45) is 0.144. The van der Waals surface area contributed by atoms with Crippen molar-refractivity contribution in [3.63, 3.8) is 0 Å². The molecule has 0 aliphatic rings. The molecule has 5 nitrogen and oxygen atoms in total. The van der Waals surface area contributed by atoms with E-state index in [0.29, 0.717) is 6.07 Å². The summed E-state index contributed by atoms with van der Waals surface area (Å²) in [5.74, 6) is -1.76. The molecule has 0 heterocycles. The van der Waals surface area contributed by atoms with Gasteiger partial charge in [-0.1, -0.05) is 0 Å². The normalized spacial score (nSPS) is 9.62. The Bertz CT molecular complexity index is 377. The van der Waals surface area contributed by atoms with Crippen LogP contribution in [0.25, 0.3) is 0 Å². The van der Waals surface area contributed by atoms with Crippen LogP contribution in [0.1, 0.15) is 10.4 Å². The predicted molar refractivity (Wildman–Crippen MR) is 40.1 cm³/mol. The molecule has 0 radical (unpaired) electrons. The van der Waals surface area contributed by atoms with E-state index in [2.05, 4.69) is 0 Å². The van der Waals surface area contributed by atoms with Crippen LogP contribution in [-0.2, 0) is 0 Å². The quantitative estimate of drug-likeness (QED) is 0.427. The van der Waals surface area contributed by atoms with Gasteiger partial charge in [0.2, 0.25) is 5.75 Å². The fourth-order valence-electron chi connectivity index (χ4n) is 0.834. The zero-order chi connectivity index (χ0) is 10.0. The average molecular weight is 185 g/mol. The summed E-state index contributed by atoms with van der Waals surface area (Å²) in [4.78, 5) is 19.4. The minimum atomic E-state index is -0.967. The highest BCUT2D eigenvalue weighted by Crippen LogP contribution is 2.29. The van der Waals surface area contributed by atoms with Crippen LogP contribution in [0.4, 0.5) is 10.1 Å². The maximum absolute atomic E-state index is 12.6. The molecule has 68 valence electrons. The Labute approximate surface area is 71.6 Å². The number of aldehydes is 1. The molecular weight excluding hydrogens is 181 g/mol. The van der Waals surface area contributed by atoms with Gasteiger partial charge in [-0.25, -0.2) is 4.39 Å². The molecule has 13 heavy (non-hydrogen) atoms. The van der Waals surface area contributed by atoms with Crippen molar-refractivity contribution in [2.24, 2.45) is 0 Å². The van der Waals surface area contributed by atoms with E-state index in [1.54, 1.807) is 0 Å². The number of rotatable bonds is 2. The molecule has 0 amide bonds. The summed E-state index contributed by atoms with van der Waals surface area (Å²) in [6, 6.07) is 1.26. The van der Waals surface area contributed by atoms with Crippen LogP contribution in [0.15, 0.2) is 12.1 Å². The number of carbonyl (C=O) groups is 1. The van der Waals surface area contributed by atoms with Gasteiger partial charge in [-0.15, -0.1) is 0 Å². The largest absolute Gasteiger partial charge is 0.502 e. The maximum atomic E-state index is 12.6. The third-order valence-corrected chi connectivity index (χ3v) is 1.41. The van der Waals surface area contributed by atoms with Crippen LogP contribution in [0.5, 0.6) is 5.75 Å². The van der Waals surface area contributed by atoms with Crippen molar-refractivity contribution in [2.75, 3.05) is 0 Å². The molecule has 0 saturated carbocycles. The van der Waals surface area contributed by atoms with Gasteiger partial charge >= 0.3 is 5.69 Å². The first-order valence-electron chi connectivity index (χ1n) is 3.18. The van der Waals surface area contributed by atoms with Gasteiger partial charge in [-0.3, -0.25) is 14.9 Å². The number of hydrogen-bond acceptors (Lipinski definition) is 4. The lowest BCUT2D eigenvalue weighted by atomic mass is 10.2. The van der Waals surface area contributed by atoms with Gasteiger partial charge in [0.25, 0.3) is 0 Å². The molecular formula is C7H4FNO4. The predicted octanol–water partition coefficient (Wildman–Crippen LogP) is 1.25. The van der Waals surface area contributed by atoms with Crippen LogP contribution < -0.4 is 0 Å². The molecule has 0 aliphatic heterocycles. The fourth-order valence-corrected chi connectivity index (χ4v) is 0.834. The van der Waals surface area contributed by atoms with Crippen LogP contribution in [0, 0.1) is 15.9 Å². The van der Waals surface area contributed by atoms with Crippen molar-refractivity contribution in [2.45, 2.75) is 0 Å². The molecule has 1 aromatic carbocycles. The summed E-state index contributed by atoms with van der Waals surface area (Å²) in [7, 11) is 0. The van der Waals surface area contributed by atoms with Gasteiger partial charge < -0.3 is 5.11 Å². The molecule has 0 saturated heterocycles. The molecule has 1 rings (SSSR count). The van der Waals surface area contributed by atoms with E-state index in [-0.39, 0.29) is 6.29 Å². The Balaban J connectivity index is 3.44. The number of phenols is 1. The minimum absolute atomic E-state index is 0.144. The van der Waals surface area contributed by atoms with Gasteiger partial charge in [-0.05, 0) is 6.07 Å². The van der Waals surface area contributed by atoms with E-state index in [9.17, 15) is 19.3 Å². The lowest BCUT2D eigenvalue weighted by Gasteiger charge is -1.98. The lowest BCUT2D eigenvalue weighted by molar-refractivity contribution is -0.386. The number of nitro benzene ring substituents is 1. The molecule has 1 aromatic rings. The van der Waals surface area contributed by atoms with E-state index in [1.807, 2.05) is 0 Å². The number of nitro groups is 1. The standard InChI is InChI=1S/C7H4FNO4/c8-5-1-4(3-10)7(11)6(2-5)9(12)13/h1-3,11H. The number of phenolic OH excluding ortho intramolecular Hbond substituents is 1. The van der Waals surface area contributed by atoms with Crippen LogP contribution in [0.2, 0.25) is 0 Å². The first kappa shape index (κ1) is 9.11. The Morgan fingerprint density at radius 1 is 1.54 bits per heavy atom. The van der Waals surface area contributed by atoms with Gasteiger partial charge in [0.05, 0.1) is 16.6 Å². The Hall–Kier alpha value is -1.98. The Morgan fingerprint density at radius 2 is 2.15 bits per heavy atom. The number of benzene rings is 1. The van der Waals surface area contributed by atoms with Gasteiger partial charge in [-0.2, -0.15) is 0 Å². The van der Waals surface area contributed by atoms with Crippen LogP contribution >= 0.6 is 0 Å². The Kier molecular flexibility index (Phi) is 2.23. The van der Waals surface area contributed by atoms with Crippen molar-refractivity contribution >= 4 is 12.0 Å². The molecule has 0 fully saturated rings. The van der Waals surface area contributed by atoms with Crippen molar-refractivity contribution in [1.29, 1.82) is 0 Å². The van der Waals surface area contributed by atoms with E-state index in [0.717, 1.165) is 6.07 Å². The number of carbonyl (C=O) groups excluding carboxylic acids is 1. The fraction of sp³-hybridized carbons (Fsp3) is 0. The average Bonchev–Trinajstić information content (AvgIpc) is 2.08. The number of nitrogens with zero attached hydrogens (tertiary/aromatic N) is 1. The zero-order valence-electron chi connectivity index (χ0n) is 6.23. The molecule has 0 aromatic heterocycles. The smallest absolute Gasteiger partial charge is 0.314 e. The molecule has 0 spiro atoms. The Morgan fingerprint density at radius 3 is 2.62 bits per heavy atom. The summed E-state index contributed by atoms with van der Waals surface area (Å²) in [5.41, 5.74) is -1.26. The first-order chi connectivity index (χ1) is 6.06. The molecule has 0 aliphatic carbocycles. The van der Waals surface area contributed by atoms with E-state index in [4.69, 9.17) is 5.11 Å². The number of halogens is 1. The highest BCUT2D eigenvalue weighted by molar-refractivity contribution is 5.81. The second kappa shape index (κ2) is 3.18. The monoisotopic (exact) mass is 185 g/mol. The highest BCUT2D eigenvalue weighted by Gasteiger charge is 2.18. The summed E-state index contributed by atoms with van der Waals surface area (Å²) in [5, 5.41) is 19.2. The summed E-state index contributed by atoms with van der Waals surface area (Å²) >= 11 is 0. The molecule has 0 unspecified atom stereocenters. The van der Waals surface area contributed by atoms with Crippen LogP contribution in [0.3, 0.4) is 0 Å². The lowest BCUT2D eigenvalue weighted by Crippen LogP contribution is -1.93. The third kappa shape index (κ3) is 1.61. The van der Waals surface area contributed by atoms with Crippen molar-refractivity contribution in [3.8, 4) is 5.75 Å². The van der Waals surface area contributed by atoms with Crippen molar-refractivity contribution < 1.29 is 19.2 Å². The van der Waals surface area contributed by atoms with Crippen LogP contribution in [-0.4, -0.2) is 16.3 Å². The van der Waals surface area contributed by atoms with Gasteiger partial charge in [0.15, 0.2) is 6.29 Å². The summed E-state index contributed by atoms with van der Waals surface area (Å²) in [6.45, 7) is 0. The van der Waals surface area contributed by atoms with Gasteiger partial charge in [0, 0.05) is 0 Å². The molecule has 0 atom stereocenters. The van der Waals surface area contributed by atoms with Crippen molar-refractivity contribution in [1.82, 2.24) is 0 Å². The molecule has 6 heteroatoms. The summed E-state index contributed by atoms with van der Waals surface area (Å²) < 4.78 is 12.6. The van der Waals surface area contributed by atoms with E-state index in [1.165, 1.54) is 0 Å². The van der Waals surface area contributed by atoms with Crippen molar-refractivity contribution in [3.05, 3.63) is 33.6 Å². The molecule has 1 N–H and O–H groups in total. The highest BCUT2D eigenvalue weighted by atomic mass is 19.1. The van der Waals surface area contributed by atoms with E-state index >= 15 is 0 Å². The van der Waals surface area contributed by atoms with E-state index < -0.39 is 27.7 Å². The third-order valence-electron chi connectivity index (χ3n) is 1.41.